The summed E-state index contributed by atoms with van der Waals surface area (Å²) in [5, 5.41) is 3.35. The van der Waals surface area contributed by atoms with Crippen molar-refractivity contribution in [2.45, 2.75) is 32.7 Å². The predicted octanol–water partition coefficient (Wildman–Crippen LogP) is 3.01. The minimum atomic E-state index is 0.0882. The van der Waals surface area contributed by atoms with Crippen molar-refractivity contribution in [3.63, 3.8) is 0 Å². The lowest BCUT2D eigenvalue weighted by molar-refractivity contribution is 0.0497. The summed E-state index contributed by atoms with van der Waals surface area (Å²) < 4.78 is 5.38. The van der Waals surface area contributed by atoms with Crippen molar-refractivity contribution >= 4 is 11.6 Å². The van der Waals surface area contributed by atoms with Crippen LogP contribution >= 0.6 is 0 Å². The molecule has 21 heavy (non-hydrogen) atoms. The Kier molecular flexibility index (Phi) is 5.62. The van der Waals surface area contributed by atoms with Crippen molar-refractivity contribution in [3.05, 3.63) is 29.8 Å². The van der Waals surface area contributed by atoms with E-state index in [9.17, 15) is 4.79 Å². The van der Waals surface area contributed by atoms with Crippen LogP contribution in [0.5, 0.6) is 0 Å². The Labute approximate surface area is 127 Å². The number of hydrogen-bond donors (Lipinski definition) is 1. The maximum Gasteiger partial charge on any atom is 0.255 e. The first-order chi connectivity index (χ1) is 10.1. The molecule has 1 aliphatic heterocycles. The molecule has 1 amide bonds. The largest absolute Gasteiger partial charge is 0.382 e. The summed E-state index contributed by atoms with van der Waals surface area (Å²) in [6.07, 6.45) is 2.09. The average molecular weight is 290 g/mol. The van der Waals surface area contributed by atoms with Gasteiger partial charge in [-0.2, -0.15) is 0 Å². The van der Waals surface area contributed by atoms with E-state index < -0.39 is 0 Å². The molecule has 1 fully saturated rings. The van der Waals surface area contributed by atoms with E-state index in [0.717, 1.165) is 43.9 Å². The average Bonchev–Trinajstić information content (AvgIpc) is 2.47. The van der Waals surface area contributed by atoms with Crippen LogP contribution < -0.4 is 5.32 Å². The molecular weight excluding hydrogens is 264 g/mol. The first kappa shape index (κ1) is 15.8. The fourth-order valence-electron chi connectivity index (χ4n) is 2.71. The molecule has 0 saturated carbocycles. The summed E-state index contributed by atoms with van der Waals surface area (Å²) in [7, 11) is 1.89. The van der Waals surface area contributed by atoms with Gasteiger partial charge in [0, 0.05) is 38.5 Å². The Morgan fingerprint density at radius 1 is 1.33 bits per heavy atom. The highest BCUT2D eigenvalue weighted by molar-refractivity contribution is 5.99. The number of hydrogen-bond acceptors (Lipinski definition) is 3. The molecule has 0 bridgehead atoms. The number of anilines is 1. The third-order valence-corrected chi connectivity index (χ3v) is 3.82. The Bertz CT molecular complexity index is 468. The molecule has 1 aromatic rings. The van der Waals surface area contributed by atoms with E-state index in [-0.39, 0.29) is 5.91 Å². The minimum Gasteiger partial charge on any atom is -0.382 e. The van der Waals surface area contributed by atoms with Gasteiger partial charge in [0.25, 0.3) is 5.91 Å². The van der Waals surface area contributed by atoms with Crippen LogP contribution in [0.1, 0.15) is 37.0 Å². The van der Waals surface area contributed by atoms with Crippen molar-refractivity contribution in [2.75, 3.05) is 32.1 Å². The molecule has 0 spiro atoms. The molecule has 0 aliphatic carbocycles. The number of ether oxygens (including phenoxy) is 1. The minimum absolute atomic E-state index is 0.0882. The molecule has 4 nitrogen and oxygen atoms in total. The van der Waals surface area contributed by atoms with Gasteiger partial charge in [-0.05, 0) is 44.7 Å². The van der Waals surface area contributed by atoms with E-state index in [1.54, 1.807) is 0 Å². The number of carbonyl (C=O) groups is 1. The van der Waals surface area contributed by atoms with E-state index >= 15 is 0 Å². The van der Waals surface area contributed by atoms with Gasteiger partial charge in [-0.15, -0.1) is 0 Å². The lowest BCUT2D eigenvalue weighted by Crippen LogP contribution is -2.34. The molecule has 1 N–H and O–H groups in total. The van der Waals surface area contributed by atoms with Crippen LogP contribution in [0.3, 0.4) is 0 Å². The van der Waals surface area contributed by atoms with Crippen LogP contribution in [0.2, 0.25) is 0 Å². The summed E-state index contributed by atoms with van der Waals surface area (Å²) in [4.78, 5) is 14.5. The van der Waals surface area contributed by atoms with E-state index in [0.29, 0.717) is 12.0 Å². The fraction of sp³-hybridized carbons (Fsp3) is 0.588. The Morgan fingerprint density at radius 3 is 2.67 bits per heavy atom. The molecule has 1 saturated heterocycles. The Morgan fingerprint density at radius 2 is 2.00 bits per heavy atom. The van der Waals surface area contributed by atoms with Crippen LogP contribution in [0.15, 0.2) is 24.3 Å². The van der Waals surface area contributed by atoms with Crippen LogP contribution in [0.25, 0.3) is 0 Å². The molecule has 1 aromatic carbocycles. The molecule has 0 atom stereocenters. The van der Waals surface area contributed by atoms with Gasteiger partial charge >= 0.3 is 0 Å². The summed E-state index contributed by atoms with van der Waals surface area (Å²) >= 11 is 0. The number of nitrogens with one attached hydrogen (secondary N) is 1. The number of benzene rings is 1. The van der Waals surface area contributed by atoms with Crippen molar-refractivity contribution in [3.8, 4) is 0 Å². The number of para-hydroxylation sites is 1. The number of nitrogens with zero attached hydrogens (tertiary/aromatic N) is 1. The van der Waals surface area contributed by atoms with Crippen molar-refractivity contribution in [2.24, 2.45) is 5.92 Å². The van der Waals surface area contributed by atoms with Gasteiger partial charge in [0.2, 0.25) is 0 Å². The topological polar surface area (TPSA) is 41.6 Å². The van der Waals surface area contributed by atoms with Gasteiger partial charge < -0.3 is 15.0 Å². The zero-order chi connectivity index (χ0) is 15.2. The molecule has 1 aliphatic rings. The third kappa shape index (κ3) is 4.46. The Balaban J connectivity index is 2.04. The van der Waals surface area contributed by atoms with Crippen LogP contribution in [-0.2, 0) is 4.74 Å². The van der Waals surface area contributed by atoms with E-state index in [4.69, 9.17) is 4.74 Å². The molecule has 2 rings (SSSR count). The van der Waals surface area contributed by atoms with Gasteiger partial charge in [-0.3, -0.25) is 4.79 Å². The molecule has 0 radical (unpaired) electrons. The smallest absolute Gasteiger partial charge is 0.255 e. The molecule has 0 aromatic heterocycles. The highest BCUT2D eigenvalue weighted by Gasteiger charge is 2.21. The van der Waals surface area contributed by atoms with Gasteiger partial charge in [0.1, 0.15) is 0 Å². The van der Waals surface area contributed by atoms with Gasteiger partial charge in [0.05, 0.1) is 5.56 Å². The zero-order valence-corrected chi connectivity index (χ0v) is 13.3. The second kappa shape index (κ2) is 7.46. The quantitative estimate of drug-likeness (QED) is 0.906. The van der Waals surface area contributed by atoms with E-state index in [1.807, 2.05) is 36.2 Å². The summed E-state index contributed by atoms with van der Waals surface area (Å²) in [5.41, 5.74) is 1.66. The molecule has 1 heterocycles. The van der Waals surface area contributed by atoms with Crippen molar-refractivity contribution in [1.29, 1.82) is 0 Å². The molecule has 0 unspecified atom stereocenters. The molecule has 116 valence electrons. The highest BCUT2D eigenvalue weighted by Crippen LogP contribution is 2.20. The normalized spacial score (nSPS) is 16.0. The van der Waals surface area contributed by atoms with E-state index in [1.165, 1.54) is 0 Å². The summed E-state index contributed by atoms with van der Waals surface area (Å²) in [6, 6.07) is 8.05. The molecular formula is C17H26N2O2. The number of carbonyl (C=O) groups excluding carboxylic acids is 1. The summed E-state index contributed by atoms with van der Waals surface area (Å²) in [5.74, 6) is 0.642. The van der Waals surface area contributed by atoms with Gasteiger partial charge in [-0.1, -0.05) is 12.1 Å². The van der Waals surface area contributed by atoms with Crippen LogP contribution in [0.4, 0.5) is 5.69 Å². The Hall–Kier alpha value is -1.55. The van der Waals surface area contributed by atoms with E-state index in [2.05, 4.69) is 19.2 Å². The number of rotatable bonds is 5. The van der Waals surface area contributed by atoms with Crippen LogP contribution in [0, 0.1) is 5.92 Å². The summed E-state index contributed by atoms with van der Waals surface area (Å²) in [6.45, 7) is 6.59. The SMILES string of the molecule is CC(C)Nc1ccccc1C(=O)N(C)CC1CCOCC1. The monoisotopic (exact) mass is 290 g/mol. The third-order valence-electron chi connectivity index (χ3n) is 3.82. The first-order valence-corrected chi connectivity index (χ1v) is 7.76. The van der Waals surface area contributed by atoms with Gasteiger partial charge in [0.15, 0.2) is 0 Å². The standard InChI is InChI=1S/C17H26N2O2/c1-13(2)18-16-7-5-4-6-15(16)17(20)19(3)12-14-8-10-21-11-9-14/h4-7,13-14,18H,8-12H2,1-3H3. The second-order valence-electron chi connectivity index (χ2n) is 6.09. The second-order valence-corrected chi connectivity index (χ2v) is 6.09. The van der Waals surface area contributed by atoms with Crippen molar-refractivity contribution < 1.29 is 9.53 Å². The predicted molar refractivity (Wildman–Crippen MR) is 85.7 cm³/mol. The van der Waals surface area contributed by atoms with Gasteiger partial charge in [-0.25, -0.2) is 0 Å². The van der Waals surface area contributed by atoms with Crippen molar-refractivity contribution in [1.82, 2.24) is 4.90 Å². The lowest BCUT2D eigenvalue weighted by atomic mass is 9.99. The maximum absolute atomic E-state index is 12.7. The zero-order valence-electron chi connectivity index (χ0n) is 13.3. The highest BCUT2D eigenvalue weighted by atomic mass is 16.5. The number of amides is 1. The molecule has 4 heteroatoms. The maximum atomic E-state index is 12.7. The fourth-order valence-corrected chi connectivity index (χ4v) is 2.71. The lowest BCUT2D eigenvalue weighted by Gasteiger charge is -2.28. The van der Waals surface area contributed by atoms with Crippen LogP contribution in [-0.4, -0.2) is 43.7 Å². The first-order valence-electron chi connectivity index (χ1n) is 7.76.